The first-order chi connectivity index (χ1) is 9.24. The molecule has 0 aliphatic carbocycles. The van der Waals surface area contributed by atoms with Gasteiger partial charge in [-0.1, -0.05) is 0 Å². The van der Waals surface area contributed by atoms with Crippen molar-refractivity contribution in [3.63, 3.8) is 0 Å². The zero-order valence-corrected chi connectivity index (χ0v) is 16.2. The Morgan fingerprint density at radius 1 is 0.842 bits per heavy atom. The molecule has 110 valence electrons. The molecule has 0 aliphatic rings. The predicted molar refractivity (Wildman–Crippen MR) is 89.1 cm³/mol. The summed E-state index contributed by atoms with van der Waals surface area (Å²) < 4.78 is 6.10. The van der Waals surface area contributed by atoms with Gasteiger partial charge in [-0.15, -0.1) is 0 Å². The Kier molecular flexibility index (Phi) is 13.1. The fourth-order valence-electron chi connectivity index (χ4n) is 2.81. The second-order valence-corrected chi connectivity index (χ2v) is 19.9. The van der Waals surface area contributed by atoms with Crippen molar-refractivity contribution >= 4 is 18.4 Å². The van der Waals surface area contributed by atoms with E-state index >= 15 is 0 Å². The molecule has 0 atom stereocenters. The van der Waals surface area contributed by atoms with Crippen LogP contribution in [0.2, 0.25) is 17.7 Å². The number of allylic oxidation sites excluding steroid dienone is 2. The topological polar surface area (TPSA) is 23.8 Å². The molecule has 0 saturated carbocycles. The molecule has 0 radical (unpaired) electrons. The van der Waals surface area contributed by atoms with Crippen molar-refractivity contribution in [1.29, 1.82) is 5.26 Å². The fourth-order valence-corrected chi connectivity index (χ4v) is 18.0. The number of rotatable bonds is 12. The summed E-state index contributed by atoms with van der Waals surface area (Å²) in [6.45, 7) is 6.96. The van der Waals surface area contributed by atoms with Crippen LogP contribution in [0, 0.1) is 11.3 Å². The first-order valence-electron chi connectivity index (χ1n) is 8.26. The molecule has 0 bridgehead atoms. The molecule has 0 rings (SSSR count). The monoisotopic (exact) mass is 371 g/mol. The minimum absolute atomic E-state index is 0.595. The average molecular weight is 370 g/mol. The van der Waals surface area contributed by atoms with Crippen molar-refractivity contribution in [3.8, 4) is 6.07 Å². The van der Waals surface area contributed by atoms with Gasteiger partial charge in [0.2, 0.25) is 0 Å². The summed E-state index contributed by atoms with van der Waals surface area (Å²) >= 11 is -1.93. The van der Waals surface area contributed by atoms with Gasteiger partial charge >= 0.3 is 125 Å². The van der Waals surface area contributed by atoms with Crippen LogP contribution in [0.3, 0.4) is 0 Å². The molecule has 0 saturated heterocycles. The number of unbranched alkanes of at least 4 members (excludes halogenated alkanes) is 3. The second kappa shape index (κ2) is 13.0. The van der Waals surface area contributed by atoms with Crippen LogP contribution in [0.1, 0.15) is 65.7 Å². The van der Waals surface area contributed by atoms with Gasteiger partial charge in [0.1, 0.15) is 0 Å². The summed E-state index contributed by atoms with van der Waals surface area (Å²) in [7, 11) is 0. The number of nitrogens with zero attached hydrogens (tertiary/aromatic N) is 1. The first kappa shape index (κ1) is 19.0. The molecule has 0 aromatic heterocycles. The quantitative estimate of drug-likeness (QED) is 0.292. The van der Waals surface area contributed by atoms with Crippen LogP contribution in [0.5, 0.6) is 0 Å². The van der Waals surface area contributed by atoms with E-state index in [0.29, 0.717) is 6.42 Å². The average Bonchev–Trinajstić information content (AvgIpc) is 2.44. The molecule has 0 fully saturated rings. The van der Waals surface area contributed by atoms with Gasteiger partial charge < -0.3 is 0 Å². The SMILES string of the molecule is CCC[CH2][Sn]([CH2]/C=C\CC#N)([CH2]CCC)[CH2]CCC. The van der Waals surface area contributed by atoms with Crippen LogP contribution in [-0.2, 0) is 0 Å². The Morgan fingerprint density at radius 2 is 1.32 bits per heavy atom. The van der Waals surface area contributed by atoms with Crippen LogP contribution in [0.25, 0.3) is 0 Å². The molecule has 2 heteroatoms. The summed E-state index contributed by atoms with van der Waals surface area (Å²) in [6, 6.07) is 2.22. The van der Waals surface area contributed by atoms with E-state index in [0.717, 1.165) is 0 Å². The van der Waals surface area contributed by atoms with E-state index in [1.807, 2.05) is 0 Å². The third-order valence-corrected chi connectivity index (χ3v) is 19.4. The normalized spacial score (nSPS) is 11.9. The Bertz CT molecular complexity index is 243. The zero-order chi connectivity index (χ0) is 14.4. The zero-order valence-electron chi connectivity index (χ0n) is 13.4. The maximum absolute atomic E-state index is 8.64. The van der Waals surface area contributed by atoms with Crippen molar-refractivity contribution in [2.24, 2.45) is 0 Å². The molecule has 0 aromatic carbocycles. The van der Waals surface area contributed by atoms with E-state index < -0.39 is 18.4 Å². The molecular weight excluding hydrogens is 337 g/mol. The number of nitriles is 1. The van der Waals surface area contributed by atoms with Gasteiger partial charge in [0.05, 0.1) is 0 Å². The van der Waals surface area contributed by atoms with Crippen LogP contribution < -0.4 is 0 Å². The van der Waals surface area contributed by atoms with Crippen LogP contribution in [0.4, 0.5) is 0 Å². The van der Waals surface area contributed by atoms with Crippen LogP contribution in [0.15, 0.2) is 12.2 Å². The third-order valence-electron chi connectivity index (χ3n) is 4.11. The van der Waals surface area contributed by atoms with E-state index in [1.165, 1.54) is 43.0 Å². The maximum atomic E-state index is 8.64. The predicted octanol–water partition coefficient (Wildman–Crippen LogP) is 6.31. The Labute approximate surface area is 125 Å². The fraction of sp³-hybridized carbons (Fsp3) is 0.824. The van der Waals surface area contributed by atoms with Gasteiger partial charge in [-0.3, -0.25) is 0 Å². The standard InChI is InChI=1S/C5H6N.3C4H9.Sn/c1-2-3-4-5-6;3*1-3-4-2;/h2-3H,1,4H2;3*1,3-4H2,2H3;/b3-2-;;;;. The van der Waals surface area contributed by atoms with Crippen molar-refractivity contribution in [3.05, 3.63) is 12.2 Å². The van der Waals surface area contributed by atoms with Crippen LogP contribution >= 0.6 is 0 Å². The van der Waals surface area contributed by atoms with Crippen LogP contribution in [-0.4, -0.2) is 18.4 Å². The molecule has 0 aromatic rings. The summed E-state index contributed by atoms with van der Waals surface area (Å²) in [5.74, 6) is 0. The third kappa shape index (κ3) is 9.55. The number of hydrogen-bond acceptors (Lipinski definition) is 1. The van der Waals surface area contributed by atoms with Gasteiger partial charge in [-0.25, -0.2) is 0 Å². The molecule has 0 amide bonds. The van der Waals surface area contributed by atoms with Crippen molar-refractivity contribution in [1.82, 2.24) is 0 Å². The minimum atomic E-state index is -1.93. The second-order valence-electron chi connectivity index (χ2n) is 5.85. The summed E-state index contributed by atoms with van der Waals surface area (Å²) in [5, 5.41) is 8.64. The molecule has 1 nitrogen and oxygen atoms in total. The van der Waals surface area contributed by atoms with E-state index in [4.69, 9.17) is 5.26 Å². The Hall–Kier alpha value is 0.0287. The van der Waals surface area contributed by atoms with Crippen molar-refractivity contribution in [2.45, 2.75) is 83.5 Å². The number of hydrogen-bond donors (Lipinski definition) is 0. The Balaban J connectivity index is 4.61. The summed E-state index contributed by atoms with van der Waals surface area (Å²) in [5.41, 5.74) is 0. The molecular formula is C17H33NSn. The van der Waals surface area contributed by atoms with Gasteiger partial charge in [-0.2, -0.15) is 0 Å². The van der Waals surface area contributed by atoms with Gasteiger partial charge in [0.15, 0.2) is 0 Å². The molecule has 0 heterocycles. The Morgan fingerprint density at radius 3 is 1.68 bits per heavy atom. The molecule has 0 aliphatic heterocycles. The summed E-state index contributed by atoms with van der Waals surface area (Å²) in [6.07, 6.45) is 13.4. The van der Waals surface area contributed by atoms with E-state index in [1.54, 1.807) is 13.3 Å². The van der Waals surface area contributed by atoms with Gasteiger partial charge in [0, 0.05) is 0 Å². The van der Waals surface area contributed by atoms with Crippen molar-refractivity contribution in [2.75, 3.05) is 0 Å². The van der Waals surface area contributed by atoms with Crippen molar-refractivity contribution < 1.29 is 0 Å². The van der Waals surface area contributed by atoms with Gasteiger partial charge in [0.25, 0.3) is 0 Å². The van der Waals surface area contributed by atoms with Gasteiger partial charge in [-0.05, 0) is 0 Å². The van der Waals surface area contributed by atoms with E-state index in [9.17, 15) is 0 Å². The summed E-state index contributed by atoms with van der Waals surface area (Å²) in [4.78, 5) is 0. The molecule has 0 N–H and O–H groups in total. The van der Waals surface area contributed by atoms with E-state index in [-0.39, 0.29) is 0 Å². The molecule has 0 spiro atoms. The molecule has 0 unspecified atom stereocenters. The molecule has 19 heavy (non-hydrogen) atoms. The first-order valence-corrected chi connectivity index (χ1v) is 16.3. The van der Waals surface area contributed by atoms with E-state index in [2.05, 4.69) is 39.0 Å².